The minimum atomic E-state index is -0.0329. The molecular formula is C20H21N3O2. The van der Waals surface area contributed by atoms with Crippen molar-refractivity contribution in [2.45, 2.75) is 25.7 Å². The minimum Gasteiger partial charge on any atom is -0.310 e. The van der Waals surface area contributed by atoms with Crippen molar-refractivity contribution < 1.29 is 9.59 Å². The number of hydrogen-bond donors (Lipinski definition) is 1. The Morgan fingerprint density at radius 1 is 1.04 bits per heavy atom. The average molecular weight is 335 g/mol. The van der Waals surface area contributed by atoms with Gasteiger partial charge in [0.2, 0.25) is 5.91 Å². The van der Waals surface area contributed by atoms with Crippen molar-refractivity contribution in [1.82, 2.24) is 9.88 Å². The highest BCUT2D eigenvalue weighted by molar-refractivity contribution is 6.07. The Bertz CT molecular complexity index is 825. The van der Waals surface area contributed by atoms with Gasteiger partial charge in [-0.25, -0.2) is 4.98 Å². The van der Waals surface area contributed by atoms with Gasteiger partial charge < -0.3 is 5.32 Å². The van der Waals surface area contributed by atoms with E-state index in [0.717, 1.165) is 42.8 Å². The van der Waals surface area contributed by atoms with Crippen molar-refractivity contribution in [3.63, 3.8) is 0 Å². The quantitative estimate of drug-likeness (QED) is 0.937. The van der Waals surface area contributed by atoms with E-state index in [0.29, 0.717) is 24.3 Å². The summed E-state index contributed by atoms with van der Waals surface area (Å²) in [5.41, 5.74) is 3.27. The summed E-state index contributed by atoms with van der Waals surface area (Å²) in [4.78, 5) is 31.3. The van der Waals surface area contributed by atoms with Gasteiger partial charge in [-0.3, -0.25) is 14.5 Å². The molecule has 1 aliphatic heterocycles. The van der Waals surface area contributed by atoms with Crippen molar-refractivity contribution in [3.05, 3.63) is 47.5 Å². The summed E-state index contributed by atoms with van der Waals surface area (Å²) in [5, 5.41) is 2.90. The molecule has 4 rings (SSSR count). The number of nitrogens with one attached hydrogen (secondary N) is 1. The summed E-state index contributed by atoms with van der Waals surface area (Å²) in [6.07, 6.45) is 3.94. The normalized spacial score (nSPS) is 16.9. The number of carbonyl (C=O) groups is 2. The van der Waals surface area contributed by atoms with Gasteiger partial charge in [0.15, 0.2) is 5.78 Å². The first kappa shape index (κ1) is 16.0. The number of benzene rings is 1. The molecule has 1 N–H and O–H groups in total. The van der Waals surface area contributed by atoms with Crippen molar-refractivity contribution in [1.29, 1.82) is 0 Å². The molecule has 1 aromatic heterocycles. The van der Waals surface area contributed by atoms with E-state index in [2.05, 4.69) is 15.2 Å². The highest BCUT2D eigenvalue weighted by Gasteiger charge is 2.23. The molecule has 2 heterocycles. The largest absolute Gasteiger partial charge is 0.310 e. The number of aromatic nitrogens is 1. The van der Waals surface area contributed by atoms with Crippen LogP contribution in [0, 0.1) is 0 Å². The monoisotopic (exact) mass is 335 g/mol. The highest BCUT2D eigenvalue weighted by Crippen LogP contribution is 2.32. The van der Waals surface area contributed by atoms with E-state index in [-0.39, 0.29) is 11.7 Å². The number of likely N-dealkylation sites (tertiary alicyclic amines) is 1. The number of hydrogen-bond acceptors (Lipinski definition) is 4. The smallest absolute Gasteiger partial charge is 0.239 e. The second-order valence-electron chi connectivity index (χ2n) is 6.73. The molecule has 2 aliphatic rings. The third-order valence-electron chi connectivity index (χ3n) is 4.90. The molecule has 128 valence electrons. The van der Waals surface area contributed by atoms with Crippen LogP contribution in [0.2, 0.25) is 0 Å². The van der Waals surface area contributed by atoms with Crippen LogP contribution in [0.3, 0.4) is 0 Å². The maximum Gasteiger partial charge on any atom is 0.239 e. The van der Waals surface area contributed by atoms with Crippen molar-refractivity contribution in [2.75, 3.05) is 25.0 Å². The van der Waals surface area contributed by atoms with Gasteiger partial charge in [0.1, 0.15) is 5.82 Å². The molecule has 5 nitrogen and oxygen atoms in total. The molecule has 1 aliphatic carbocycles. The van der Waals surface area contributed by atoms with Crippen molar-refractivity contribution >= 4 is 17.5 Å². The number of amides is 1. The van der Waals surface area contributed by atoms with Crippen LogP contribution >= 0.6 is 0 Å². The summed E-state index contributed by atoms with van der Waals surface area (Å²) in [6.45, 7) is 2.38. The number of rotatable bonds is 3. The Morgan fingerprint density at radius 2 is 1.80 bits per heavy atom. The fraction of sp³-hybridized carbons (Fsp3) is 0.350. The first-order chi connectivity index (χ1) is 12.2. The minimum absolute atomic E-state index is 0.0329. The first-order valence-electron chi connectivity index (χ1n) is 8.85. The maximum atomic E-state index is 12.3. The lowest BCUT2D eigenvalue weighted by Gasteiger charge is -2.25. The standard InChI is InChI=1S/C20H21N3O2/c24-17-12-14-8-9-18(21-19(25)13-23-10-4-1-5-11-23)22-20(14)16-7-3-2-6-15(16)17/h2-3,6-9H,1,4-5,10-13H2,(H,21,22,25). The van der Waals surface area contributed by atoms with Gasteiger partial charge in [-0.15, -0.1) is 0 Å². The number of pyridine rings is 1. The van der Waals surface area contributed by atoms with Crippen LogP contribution in [-0.4, -0.2) is 41.2 Å². The predicted molar refractivity (Wildman–Crippen MR) is 96.6 cm³/mol. The fourth-order valence-corrected chi connectivity index (χ4v) is 3.64. The van der Waals surface area contributed by atoms with Gasteiger partial charge in [0.25, 0.3) is 0 Å². The van der Waals surface area contributed by atoms with Gasteiger partial charge in [0.05, 0.1) is 12.2 Å². The predicted octanol–water partition coefficient (Wildman–Crippen LogP) is 2.91. The molecule has 1 aromatic carbocycles. The van der Waals surface area contributed by atoms with Crippen LogP contribution in [0.4, 0.5) is 5.82 Å². The zero-order chi connectivity index (χ0) is 17.2. The van der Waals surface area contributed by atoms with E-state index in [1.807, 2.05) is 30.3 Å². The molecule has 1 saturated heterocycles. The molecule has 25 heavy (non-hydrogen) atoms. The summed E-state index contributed by atoms with van der Waals surface area (Å²) in [6, 6.07) is 11.2. The molecule has 0 saturated carbocycles. The lowest BCUT2D eigenvalue weighted by Crippen LogP contribution is -2.37. The Kier molecular flexibility index (Phi) is 4.32. The third-order valence-corrected chi connectivity index (χ3v) is 4.90. The molecule has 0 unspecified atom stereocenters. The van der Waals surface area contributed by atoms with Crippen LogP contribution in [0.15, 0.2) is 36.4 Å². The van der Waals surface area contributed by atoms with Crippen molar-refractivity contribution in [3.8, 4) is 11.3 Å². The van der Waals surface area contributed by atoms with E-state index in [1.54, 1.807) is 6.07 Å². The van der Waals surface area contributed by atoms with Crippen LogP contribution in [0.5, 0.6) is 0 Å². The SMILES string of the molecule is O=C(CN1CCCCC1)Nc1ccc2c(n1)-c1ccccc1C(=O)C2. The van der Waals surface area contributed by atoms with E-state index in [9.17, 15) is 9.59 Å². The van der Waals surface area contributed by atoms with Crippen LogP contribution in [-0.2, 0) is 11.2 Å². The van der Waals surface area contributed by atoms with Gasteiger partial charge in [-0.2, -0.15) is 0 Å². The zero-order valence-corrected chi connectivity index (χ0v) is 14.1. The second-order valence-corrected chi connectivity index (χ2v) is 6.73. The van der Waals surface area contributed by atoms with E-state index >= 15 is 0 Å². The number of Topliss-reactive ketones (excluding diaryl/α,β-unsaturated/α-hetero) is 1. The first-order valence-corrected chi connectivity index (χ1v) is 8.85. The molecule has 0 bridgehead atoms. The Hall–Kier alpha value is -2.53. The van der Waals surface area contributed by atoms with Gasteiger partial charge >= 0.3 is 0 Å². The number of nitrogens with zero attached hydrogens (tertiary/aromatic N) is 2. The van der Waals surface area contributed by atoms with Gasteiger partial charge in [-0.05, 0) is 37.6 Å². The molecule has 0 spiro atoms. The van der Waals surface area contributed by atoms with Crippen LogP contribution < -0.4 is 5.32 Å². The Morgan fingerprint density at radius 3 is 2.60 bits per heavy atom. The molecule has 5 heteroatoms. The molecular weight excluding hydrogens is 314 g/mol. The summed E-state index contributed by atoms with van der Waals surface area (Å²) >= 11 is 0. The van der Waals surface area contributed by atoms with Crippen LogP contribution in [0.25, 0.3) is 11.3 Å². The number of fused-ring (bicyclic) bond motifs is 3. The van der Waals surface area contributed by atoms with E-state index in [4.69, 9.17) is 0 Å². The van der Waals surface area contributed by atoms with Crippen LogP contribution in [0.1, 0.15) is 35.2 Å². The third kappa shape index (κ3) is 3.33. The lowest BCUT2D eigenvalue weighted by atomic mass is 9.88. The van der Waals surface area contributed by atoms with Gasteiger partial charge in [-0.1, -0.05) is 36.8 Å². The molecule has 0 atom stereocenters. The highest BCUT2D eigenvalue weighted by atomic mass is 16.2. The topological polar surface area (TPSA) is 62.3 Å². The summed E-state index contributed by atoms with van der Waals surface area (Å²) in [7, 11) is 0. The molecule has 1 amide bonds. The number of carbonyl (C=O) groups excluding carboxylic acids is 2. The molecule has 1 fully saturated rings. The lowest BCUT2D eigenvalue weighted by molar-refractivity contribution is -0.117. The van der Waals surface area contributed by atoms with Gasteiger partial charge in [0, 0.05) is 17.5 Å². The number of ketones is 1. The average Bonchev–Trinajstić information content (AvgIpc) is 2.63. The second kappa shape index (κ2) is 6.76. The molecule has 2 aromatic rings. The number of anilines is 1. The summed E-state index contributed by atoms with van der Waals surface area (Å²) < 4.78 is 0. The van der Waals surface area contributed by atoms with E-state index in [1.165, 1.54) is 6.42 Å². The molecule has 0 radical (unpaired) electrons. The zero-order valence-electron chi connectivity index (χ0n) is 14.1. The summed E-state index contributed by atoms with van der Waals surface area (Å²) in [5.74, 6) is 0.631. The Balaban J connectivity index is 1.53. The maximum absolute atomic E-state index is 12.3. The van der Waals surface area contributed by atoms with Crippen molar-refractivity contribution in [2.24, 2.45) is 0 Å². The van der Waals surface area contributed by atoms with E-state index < -0.39 is 0 Å². The fourth-order valence-electron chi connectivity index (χ4n) is 3.64. The number of piperidine rings is 1. The Labute approximate surface area is 147 Å².